The lowest BCUT2D eigenvalue weighted by Crippen LogP contribution is -2.41. The van der Waals surface area contributed by atoms with Gasteiger partial charge in [-0.25, -0.2) is 0 Å². The minimum absolute atomic E-state index is 0.154. The number of benzene rings is 3. The molecule has 0 aromatic heterocycles. The summed E-state index contributed by atoms with van der Waals surface area (Å²) in [4.78, 5) is 26.8. The first kappa shape index (κ1) is 23.6. The average Bonchev–Trinajstić information content (AvgIpc) is 2.82. The van der Waals surface area contributed by atoms with Crippen LogP contribution < -0.4 is 10.1 Å². The van der Waals surface area contributed by atoms with Crippen molar-refractivity contribution in [2.45, 2.75) is 39.5 Å². The molecule has 6 heteroatoms. The van der Waals surface area contributed by atoms with Crippen molar-refractivity contribution in [2.75, 3.05) is 5.32 Å². The molecule has 2 unspecified atom stereocenters. The smallest absolute Gasteiger partial charge is 0.264 e. The molecule has 3 rings (SSSR count). The summed E-state index contributed by atoms with van der Waals surface area (Å²) in [6, 6.07) is 25.8. The monoisotopic (exact) mass is 441 g/mol. The van der Waals surface area contributed by atoms with Crippen molar-refractivity contribution in [3.05, 3.63) is 95.6 Å². The number of carbonyl (C=O) groups is 2. The van der Waals surface area contributed by atoms with E-state index in [0.29, 0.717) is 23.5 Å². The largest absolute Gasteiger partial charge is 0.481 e. The van der Waals surface area contributed by atoms with E-state index < -0.39 is 6.10 Å². The second kappa shape index (κ2) is 11.0. The van der Waals surface area contributed by atoms with Gasteiger partial charge in [-0.05, 0) is 55.3 Å². The minimum atomic E-state index is -0.761. The van der Waals surface area contributed by atoms with Gasteiger partial charge in [0.25, 0.3) is 5.91 Å². The summed E-state index contributed by atoms with van der Waals surface area (Å²) < 4.78 is 5.90. The first-order chi connectivity index (χ1) is 15.9. The fraction of sp³-hybridized carbons (Fsp3) is 0.222. The average molecular weight is 442 g/mol. The van der Waals surface area contributed by atoms with E-state index >= 15 is 0 Å². The molecule has 3 aromatic rings. The molecule has 0 radical (unpaired) electrons. The van der Waals surface area contributed by atoms with Gasteiger partial charge < -0.3 is 15.0 Å². The highest BCUT2D eigenvalue weighted by molar-refractivity contribution is 5.88. The molecule has 0 aliphatic carbocycles. The van der Waals surface area contributed by atoms with E-state index in [2.05, 4.69) is 11.4 Å². The molecule has 1 N–H and O–H groups in total. The van der Waals surface area contributed by atoms with Gasteiger partial charge in [-0.1, -0.05) is 48.5 Å². The van der Waals surface area contributed by atoms with Gasteiger partial charge in [-0.3, -0.25) is 9.59 Å². The third-order valence-corrected chi connectivity index (χ3v) is 5.26. The van der Waals surface area contributed by atoms with Gasteiger partial charge in [0, 0.05) is 19.2 Å². The van der Waals surface area contributed by atoms with Gasteiger partial charge >= 0.3 is 0 Å². The molecule has 3 aromatic carbocycles. The van der Waals surface area contributed by atoms with Crippen LogP contribution >= 0.6 is 0 Å². The number of ether oxygens (including phenoxy) is 1. The zero-order valence-electron chi connectivity index (χ0n) is 19.0. The third kappa shape index (κ3) is 6.44. The Bertz CT molecular complexity index is 1150. The van der Waals surface area contributed by atoms with Gasteiger partial charge in [0.2, 0.25) is 5.91 Å². The fourth-order valence-electron chi connectivity index (χ4n) is 3.57. The Hall–Kier alpha value is -4.11. The topological polar surface area (TPSA) is 82.4 Å². The lowest BCUT2D eigenvalue weighted by atomic mass is 10.0. The van der Waals surface area contributed by atoms with E-state index in [1.54, 1.807) is 36.1 Å². The summed E-state index contributed by atoms with van der Waals surface area (Å²) >= 11 is 0. The summed E-state index contributed by atoms with van der Waals surface area (Å²) in [6.45, 7) is 5.52. The molecule has 0 aliphatic heterocycles. The zero-order chi connectivity index (χ0) is 23.8. The highest BCUT2D eigenvalue weighted by Gasteiger charge is 2.27. The molecule has 2 atom stereocenters. The Labute approximate surface area is 194 Å². The highest BCUT2D eigenvalue weighted by Crippen LogP contribution is 2.26. The van der Waals surface area contributed by atoms with Crippen molar-refractivity contribution in [3.63, 3.8) is 0 Å². The van der Waals surface area contributed by atoms with Crippen LogP contribution in [0.15, 0.2) is 78.9 Å². The lowest BCUT2D eigenvalue weighted by Gasteiger charge is -2.32. The van der Waals surface area contributed by atoms with Crippen LogP contribution in [0, 0.1) is 11.3 Å². The van der Waals surface area contributed by atoms with E-state index in [1.807, 2.05) is 61.5 Å². The van der Waals surface area contributed by atoms with Crippen molar-refractivity contribution in [1.29, 1.82) is 5.26 Å². The predicted octanol–water partition coefficient (Wildman–Crippen LogP) is 5.07. The maximum absolute atomic E-state index is 13.6. The van der Waals surface area contributed by atoms with Crippen LogP contribution in [0.25, 0.3) is 0 Å². The molecule has 6 nitrogen and oxygen atoms in total. The molecule has 0 bridgehead atoms. The molecule has 168 valence electrons. The SMILES string of the molecule is CC(=O)Nc1cccc(C(C)N(Cc2ccccc2)C(=O)C(C)Oc2cccc(C#N)c2)c1. The molecular formula is C27H27N3O3. The Morgan fingerprint density at radius 2 is 1.73 bits per heavy atom. The standard InChI is InChI=1S/C27H27N3O3/c1-19(24-12-8-13-25(16-24)29-21(3)31)30(18-22-9-5-4-6-10-22)27(32)20(2)33-26-14-7-11-23(15-26)17-28/h4-16,19-20H,18H2,1-3H3,(H,29,31). The predicted molar refractivity (Wildman–Crippen MR) is 127 cm³/mol. The van der Waals surface area contributed by atoms with Crippen molar-refractivity contribution in [2.24, 2.45) is 0 Å². The molecule has 0 aliphatic rings. The summed E-state index contributed by atoms with van der Waals surface area (Å²) in [5.41, 5.74) is 3.03. The fourth-order valence-corrected chi connectivity index (χ4v) is 3.57. The zero-order valence-corrected chi connectivity index (χ0v) is 19.0. The van der Waals surface area contributed by atoms with Crippen LogP contribution in [0.4, 0.5) is 5.69 Å². The van der Waals surface area contributed by atoms with Crippen molar-refractivity contribution in [3.8, 4) is 11.8 Å². The van der Waals surface area contributed by atoms with Crippen molar-refractivity contribution >= 4 is 17.5 Å². The number of carbonyl (C=O) groups excluding carboxylic acids is 2. The molecule has 0 saturated carbocycles. The Morgan fingerprint density at radius 3 is 2.42 bits per heavy atom. The van der Waals surface area contributed by atoms with E-state index in [-0.39, 0.29) is 17.9 Å². The van der Waals surface area contributed by atoms with Gasteiger partial charge in [-0.15, -0.1) is 0 Å². The van der Waals surface area contributed by atoms with Crippen LogP contribution in [-0.4, -0.2) is 22.8 Å². The highest BCUT2D eigenvalue weighted by atomic mass is 16.5. The molecule has 0 saturated heterocycles. The third-order valence-electron chi connectivity index (χ3n) is 5.26. The Kier molecular flexibility index (Phi) is 7.82. The lowest BCUT2D eigenvalue weighted by molar-refractivity contribution is -0.141. The molecule has 0 heterocycles. The number of nitriles is 1. The van der Waals surface area contributed by atoms with Crippen molar-refractivity contribution < 1.29 is 14.3 Å². The maximum atomic E-state index is 13.6. The number of hydrogen-bond acceptors (Lipinski definition) is 4. The molecule has 2 amide bonds. The number of nitrogens with one attached hydrogen (secondary N) is 1. The Balaban J connectivity index is 1.87. The summed E-state index contributed by atoms with van der Waals surface area (Å²) in [5.74, 6) is 0.132. The van der Waals surface area contributed by atoms with Crippen LogP contribution in [0.5, 0.6) is 5.75 Å². The van der Waals surface area contributed by atoms with Crippen LogP contribution in [0.2, 0.25) is 0 Å². The second-order valence-electron chi connectivity index (χ2n) is 7.83. The molecular weight excluding hydrogens is 414 g/mol. The number of amides is 2. The van der Waals surface area contributed by atoms with Crippen LogP contribution in [-0.2, 0) is 16.1 Å². The number of hydrogen-bond donors (Lipinski definition) is 1. The first-order valence-corrected chi connectivity index (χ1v) is 10.8. The molecule has 0 fully saturated rings. The van der Waals surface area contributed by atoms with Gasteiger partial charge in [-0.2, -0.15) is 5.26 Å². The van der Waals surface area contributed by atoms with E-state index in [4.69, 9.17) is 10.00 Å². The van der Waals surface area contributed by atoms with Crippen LogP contribution in [0.3, 0.4) is 0 Å². The second-order valence-corrected chi connectivity index (χ2v) is 7.83. The van der Waals surface area contributed by atoms with E-state index in [1.165, 1.54) is 6.92 Å². The Morgan fingerprint density at radius 1 is 1.00 bits per heavy atom. The van der Waals surface area contributed by atoms with E-state index in [0.717, 1.165) is 11.1 Å². The summed E-state index contributed by atoms with van der Waals surface area (Å²) in [6.07, 6.45) is -0.761. The number of nitrogens with zero attached hydrogens (tertiary/aromatic N) is 2. The summed E-state index contributed by atoms with van der Waals surface area (Å²) in [7, 11) is 0. The van der Waals surface area contributed by atoms with Gasteiger partial charge in [0.05, 0.1) is 17.7 Å². The minimum Gasteiger partial charge on any atom is -0.481 e. The summed E-state index contributed by atoms with van der Waals surface area (Å²) in [5, 5.41) is 11.9. The van der Waals surface area contributed by atoms with Crippen LogP contribution in [0.1, 0.15) is 43.5 Å². The normalized spacial score (nSPS) is 12.2. The van der Waals surface area contributed by atoms with E-state index in [9.17, 15) is 9.59 Å². The van der Waals surface area contributed by atoms with Gasteiger partial charge in [0.15, 0.2) is 6.10 Å². The van der Waals surface area contributed by atoms with Crippen molar-refractivity contribution in [1.82, 2.24) is 4.90 Å². The number of anilines is 1. The van der Waals surface area contributed by atoms with Gasteiger partial charge in [0.1, 0.15) is 5.75 Å². The first-order valence-electron chi connectivity index (χ1n) is 10.8. The molecule has 0 spiro atoms. The molecule has 33 heavy (non-hydrogen) atoms. The quantitative estimate of drug-likeness (QED) is 0.529. The maximum Gasteiger partial charge on any atom is 0.264 e. The number of rotatable bonds is 8.